The first-order valence-electron chi connectivity index (χ1n) is 8.42. The van der Waals surface area contributed by atoms with Crippen molar-refractivity contribution in [3.8, 4) is 11.3 Å². The van der Waals surface area contributed by atoms with Gasteiger partial charge in [0, 0.05) is 23.1 Å². The molecule has 0 aliphatic rings. The van der Waals surface area contributed by atoms with Crippen LogP contribution in [0, 0.1) is 10.1 Å². The molecule has 1 heterocycles. The maximum absolute atomic E-state index is 12.4. The van der Waals surface area contributed by atoms with E-state index in [4.69, 9.17) is 27.9 Å². The number of anilines is 1. The van der Waals surface area contributed by atoms with E-state index >= 15 is 0 Å². The first-order chi connectivity index (χ1) is 14.3. The van der Waals surface area contributed by atoms with Gasteiger partial charge in [-0.3, -0.25) is 20.2 Å². The Morgan fingerprint density at radius 2 is 1.87 bits per heavy atom. The Bertz CT molecular complexity index is 1110. The van der Waals surface area contributed by atoms with Crippen molar-refractivity contribution in [2.24, 2.45) is 0 Å². The molecule has 1 atom stereocenters. The zero-order valence-electron chi connectivity index (χ0n) is 15.3. The minimum absolute atomic E-state index is 0.0253. The monoisotopic (exact) mass is 465 g/mol. The predicted octanol–water partition coefficient (Wildman–Crippen LogP) is 5.21. The summed E-state index contributed by atoms with van der Waals surface area (Å²) >= 11 is 13.1. The number of esters is 1. The van der Waals surface area contributed by atoms with Crippen LogP contribution in [0.1, 0.15) is 17.3 Å². The van der Waals surface area contributed by atoms with Crippen LogP contribution in [-0.2, 0) is 9.53 Å². The van der Waals surface area contributed by atoms with Gasteiger partial charge in [-0.2, -0.15) is 0 Å². The minimum atomic E-state index is -1.14. The van der Waals surface area contributed by atoms with Gasteiger partial charge >= 0.3 is 5.97 Å². The Morgan fingerprint density at radius 1 is 1.20 bits per heavy atom. The van der Waals surface area contributed by atoms with E-state index in [9.17, 15) is 19.7 Å². The molecule has 3 aromatic rings. The van der Waals surface area contributed by atoms with E-state index in [0.717, 1.165) is 11.3 Å². The second-order valence-corrected chi connectivity index (χ2v) is 7.65. The second-order valence-electron chi connectivity index (χ2n) is 5.98. The fourth-order valence-corrected chi connectivity index (χ4v) is 3.69. The summed E-state index contributed by atoms with van der Waals surface area (Å²) in [6.45, 7) is 1.40. The summed E-state index contributed by atoms with van der Waals surface area (Å²) in [5.74, 6) is -1.43. The summed E-state index contributed by atoms with van der Waals surface area (Å²) in [5.41, 5.74) is 0.910. The van der Waals surface area contributed by atoms with Crippen LogP contribution in [0.2, 0.25) is 10.0 Å². The van der Waals surface area contributed by atoms with E-state index in [2.05, 4.69) is 10.3 Å². The van der Waals surface area contributed by atoms with Crippen LogP contribution < -0.4 is 5.32 Å². The van der Waals surface area contributed by atoms with Crippen molar-refractivity contribution < 1.29 is 19.2 Å². The molecule has 1 aromatic heterocycles. The molecule has 11 heteroatoms. The third-order valence-electron chi connectivity index (χ3n) is 3.91. The molecule has 1 amide bonds. The van der Waals surface area contributed by atoms with E-state index in [-0.39, 0.29) is 26.4 Å². The quantitative estimate of drug-likeness (QED) is 0.303. The standard InChI is InChI=1S/C19H13Cl2N3O5S/c1-10(29-18(26)16-13(20)6-3-7-14(16)21)17(25)23-19-22-15(9-30-19)11-4-2-5-12(8-11)24(27)28/h2-10H,1H3,(H,22,23,25). The number of nitro benzene ring substituents is 1. The summed E-state index contributed by atoms with van der Waals surface area (Å²) in [4.78, 5) is 39.3. The molecular weight excluding hydrogens is 453 g/mol. The SMILES string of the molecule is CC(OC(=O)c1c(Cl)cccc1Cl)C(=O)Nc1nc(-c2cccc([N+](=O)[O-])c2)cs1. The van der Waals surface area contributed by atoms with Gasteiger partial charge in [0.25, 0.3) is 11.6 Å². The largest absolute Gasteiger partial charge is 0.449 e. The zero-order valence-corrected chi connectivity index (χ0v) is 17.6. The van der Waals surface area contributed by atoms with E-state index in [1.165, 1.54) is 31.2 Å². The van der Waals surface area contributed by atoms with Crippen LogP contribution in [0.25, 0.3) is 11.3 Å². The Labute approximate surface area is 184 Å². The molecule has 0 bridgehead atoms. The highest BCUT2D eigenvalue weighted by Gasteiger charge is 2.23. The number of carbonyl (C=O) groups excluding carboxylic acids is 2. The van der Waals surface area contributed by atoms with E-state index in [1.54, 1.807) is 23.6 Å². The number of ether oxygens (including phenoxy) is 1. The van der Waals surface area contributed by atoms with Crippen LogP contribution in [0.3, 0.4) is 0 Å². The maximum Gasteiger partial charge on any atom is 0.341 e. The lowest BCUT2D eigenvalue weighted by Gasteiger charge is -2.13. The third kappa shape index (κ3) is 4.93. The number of benzene rings is 2. The normalized spacial score (nSPS) is 11.6. The number of nitrogens with zero attached hydrogens (tertiary/aromatic N) is 2. The first-order valence-corrected chi connectivity index (χ1v) is 10.1. The Hall–Kier alpha value is -3.01. The fourth-order valence-electron chi connectivity index (χ4n) is 2.42. The molecule has 0 aliphatic heterocycles. The maximum atomic E-state index is 12.4. The zero-order chi connectivity index (χ0) is 21.8. The van der Waals surface area contributed by atoms with Crippen molar-refractivity contribution in [2.45, 2.75) is 13.0 Å². The van der Waals surface area contributed by atoms with Crippen molar-refractivity contribution in [3.63, 3.8) is 0 Å². The van der Waals surface area contributed by atoms with Gasteiger partial charge in [-0.15, -0.1) is 11.3 Å². The fraction of sp³-hybridized carbons (Fsp3) is 0.105. The Morgan fingerprint density at radius 3 is 2.53 bits per heavy atom. The number of carbonyl (C=O) groups is 2. The lowest BCUT2D eigenvalue weighted by atomic mass is 10.1. The lowest BCUT2D eigenvalue weighted by Crippen LogP contribution is -2.30. The van der Waals surface area contributed by atoms with Crippen molar-refractivity contribution in [1.29, 1.82) is 0 Å². The van der Waals surface area contributed by atoms with Crippen LogP contribution in [0.5, 0.6) is 0 Å². The number of rotatable bonds is 6. The number of amides is 1. The molecule has 1 N–H and O–H groups in total. The minimum Gasteiger partial charge on any atom is -0.449 e. The van der Waals surface area contributed by atoms with Gasteiger partial charge in [0.2, 0.25) is 0 Å². The van der Waals surface area contributed by atoms with E-state index in [0.29, 0.717) is 11.3 Å². The highest BCUT2D eigenvalue weighted by Crippen LogP contribution is 2.28. The molecule has 0 aliphatic carbocycles. The van der Waals surface area contributed by atoms with E-state index in [1.807, 2.05) is 0 Å². The summed E-state index contributed by atoms with van der Waals surface area (Å²) in [6, 6.07) is 10.5. The molecular formula is C19H13Cl2N3O5S. The van der Waals surface area contributed by atoms with Crippen molar-refractivity contribution in [3.05, 3.63) is 73.6 Å². The topological polar surface area (TPSA) is 111 Å². The van der Waals surface area contributed by atoms with Gasteiger partial charge < -0.3 is 4.74 Å². The number of hydrogen-bond acceptors (Lipinski definition) is 7. The van der Waals surface area contributed by atoms with Gasteiger partial charge in [0.15, 0.2) is 11.2 Å². The van der Waals surface area contributed by atoms with Crippen LogP contribution >= 0.6 is 34.5 Å². The highest BCUT2D eigenvalue weighted by molar-refractivity contribution is 7.14. The molecule has 0 saturated carbocycles. The average molecular weight is 466 g/mol. The third-order valence-corrected chi connectivity index (χ3v) is 5.29. The van der Waals surface area contributed by atoms with Crippen molar-refractivity contribution in [2.75, 3.05) is 5.32 Å². The number of halogens is 2. The summed E-state index contributed by atoms with van der Waals surface area (Å²) in [6.07, 6.45) is -1.14. The Balaban J connectivity index is 1.67. The summed E-state index contributed by atoms with van der Waals surface area (Å²) in [5, 5.41) is 15.6. The van der Waals surface area contributed by atoms with Crippen molar-refractivity contribution >= 4 is 57.2 Å². The molecule has 0 saturated heterocycles. The highest BCUT2D eigenvalue weighted by atomic mass is 35.5. The van der Waals surface area contributed by atoms with Gasteiger partial charge in [0.05, 0.1) is 26.2 Å². The molecule has 0 fully saturated rings. The molecule has 154 valence electrons. The lowest BCUT2D eigenvalue weighted by molar-refractivity contribution is -0.384. The molecule has 0 radical (unpaired) electrons. The number of thiazole rings is 1. The number of aromatic nitrogens is 1. The number of nitrogens with one attached hydrogen (secondary N) is 1. The van der Waals surface area contributed by atoms with Gasteiger partial charge in [-0.05, 0) is 19.1 Å². The van der Waals surface area contributed by atoms with Gasteiger partial charge in [-0.1, -0.05) is 41.4 Å². The molecule has 3 rings (SSSR count). The predicted molar refractivity (Wildman–Crippen MR) is 114 cm³/mol. The molecule has 2 aromatic carbocycles. The van der Waals surface area contributed by atoms with Gasteiger partial charge in [0.1, 0.15) is 0 Å². The first kappa shape index (κ1) is 21.7. The number of hydrogen-bond donors (Lipinski definition) is 1. The summed E-state index contributed by atoms with van der Waals surface area (Å²) in [7, 11) is 0. The molecule has 30 heavy (non-hydrogen) atoms. The smallest absolute Gasteiger partial charge is 0.341 e. The Kier molecular flexibility index (Phi) is 6.66. The number of non-ortho nitro benzene ring substituents is 1. The van der Waals surface area contributed by atoms with Crippen molar-refractivity contribution in [1.82, 2.24) is 4.98 Å². The molecule has 8 nitrogen and oxygen atoms in total. The molecule has 1 unspecified atom stereocenters. The van der Waals surface area contributed by atoms with Crippen LogP contribution in [0.15, 0.2) is 47.8 Å². The van der Waals surface area contributed by atoms with Crippen LogP contribution in [0.4, 0.5) is 10.8 Å². The number of nitro groups is 1. The second kappa shape index (κ2) is 9.21. The average Bonchev–Trinajstić information content (AvgIpc) is 3.16. The molecule has 0 spiro atoms. The van der Waals surface area contributed by atoms with E-state index < -0.39 is 22.9 Å². The van der Waals surface area contributed by atoms with Gasteiger partial charge in [-0.25, -0.2) is 9.78 Å². The summed E-state index contributed by atoms with van der Waals surface area (Å²) < 4.78 is 5.15. The van der Waals surface area contributed by atoms with Crippen LogP contribution in [-0.4, -0.2) is 27.9 Å².